The van der Waals surface area contributed by atoms with E-state index < -0.39 is 5.97 Å². The highest BCUT2D eigenvalue weighted by Crippen LogP contribution is 2.26. The van der Waals surface area contributed by atoms with Crippen molar-refractivity contribution in [1.29, 1.82) is 0 Å². The largest absolute Gasteiger partial charge is 0.480 e. The van der Waals surface area contributed by atoms with E-state index in [4.69, 9.17) is 5.11 Å². The Bertz CT molecular complexity index is 191. The predicted molar refractivity (Wildman–Crippen MR) is 64.7 cm³/mol. The molecule has 2 N–H and O–H groups in total. The minimum absolute atomic E-state index is 0.389. The van der Waals surface area contributed by atoms with Crippen LogP contribution < -0.4 is 5.09 Å². The molecule has 0 heterocycles. The Balaban J connectivity index is 2.36. The molecule has 1 fully saturated rings. The summed E-state index contributed by atoms with van der Waals surface area (Å²) in [6.07, 6.45) is 9.73. The lowest BCUT2D eigenvalue weighted by Gasteiger charge is -2.22. The van der Waals surface area contributed by atoms with Crippen molar-refractivity contribution in [1.82, 2.24) is 5.09 Å². The van der Waals surface area contributed by atoms with Crippen LogP contribution in [0.3, 0.4) is 0 Å². The Hall–Kier alpha value is -0.140. The minimum Gasteiger partial charge on any atom is -0.480 e. The summed E-state index contributed by atoms with van der Waals surface area (Å²) in [4.78, 5) is 10.9. The Kier molecular flexibility index (Phi) is 6.19. The molecule has 4 heteroatoms. The van der Waals surface area contributed by atoms with Crippen molar-refractivity contribution in [3.8, 4) is 0 Å². The zero-order chi connectivity index (χ0) is 11.1. The molecule has 0 aromatic heterocycles. The maximum absolute atomic E-state index is 10.9. The average Bonchev–Trinajstić information content (AvgIpc) is 2.15. The fourth-order valence-electron chi connectivity index (χ4n) is 2.35. The van der Waals surface area contributed by atoms with Crippen molar-refractivity contribution in [3.05, 3.63) is 0 Å². The number of aliphatic carboxylic acids is 1. The topological polar surface area (TPSA) is 49.3 Å². The highest BCUT2D eigenvalue weighted by atomic mass is 31.0. The van der Waals surface area contributed by atoms with E-state index in [0.29, 0.717) is 5.92 Å². The predicted octanol–water partition coefficient (Wildman–Crippen LogP) is 2.57. The van der Waals surface area contributed by atoms with Crippen molar-refractivity contribution >= 4 is 15.4 Å². The summed E-state index contributed by atoms with van der Waals surface area (Å²) in [5.41, 5.74) is 0. The van der Waals surface area contributed by atoms with Crippen LogP contribution in [0.25, 0.3) is 0 Å². The molecule has 3 nitrogen and oxygen atoms in total. The number of hydrogen-bond donors (Lipinski definition) is 2. The lowest BCUT2D eigenvalue weighted by atomic mass is 9.87. The van der Waals surface area contributed by atoms with Gasteiger partial charge in [-0.2, -0.15) is 0 Å². The van der Waals surface area contributed by atoms with Gasteiger partial charge in [-0.15, -0.1) is 0 Å². The van der Waals surface area contributed by atoms with E-state index in [9.17, 15) is 4.79 Å². The molecule has 2 atom stereocenters. The molecule has 0 bridgehead atoms. The normalized spacial score (nSPS) is 21.7. The first-order chi connectivity index (χ1) is 7.24. The lowest BCUT2D eigenvalue weighted by molar-refractivity contribution is -0.139. The molecule has 2 unspecified atom stereocenters. The Labute approximate surface area is 94.3 Å². The molecular formula is C11H22NO2P. The van der Waals surface area contributed by atoms with Crippen molar-refractivity contribution in [3.63, 3.8) is 0 Å². The van der Waals surface area contributed by atoms with Gasteiger partial charge >= 0.3 is 5.97 Å². The number of carboxylic acids is 1. The number of rotatable bonds is 4. The van der Waals surface area contributed by atoms with E-state index in [1.54, 1.807) is 0 Å². The zero-order valence-electron chi connectivity index (χ0n) is 9.24. The summed E-state index contributed by atoms with van der Waals surface area (Å²) in [5.74, 6) is -0.133. The van der Waals surface area contributed by atoms with Gasteiger partial charge in [0.2, 0.25) is 0 Å². The molecule has 88 valence electrons. The van der Waals surface area contributed by atoms with Crippen molar-refractivity contribution in [2.75, 3.05) is 0 Å². The zero-order valence-corrected chi connectivity index (χ0v) is 10.4. The van der Waals surface area contributed by atoms with Crippen LogP contribution in [0.1, 0.15) is 51.4 Å². The second-order valence-electron chi connectivity index (χ2n) is 4.50. The monoisotopic (exact) mass is 231 g/mol. The molecule has 0 amide bonds. The summed E-state index contributed by atoms with van der Waals surface area (Å²) in [7, 11) is 2.32. The van der Waals surface area contributed by atoms with Crippen molar-refractivity contribution in [2.45, 2.75) is 57.4 Å². The van der Waals surface area contributed by atoms with Gasteiger partial charge < -0.3 is 5.11 Å². The molecule has 1 saturated carbocycles. The Morgan fingerprint density at radius 2 is 1.80 bits per heavy atom. The fraction of sp³-hybridized carbons (Fsp3) is 0.909. The van der Waals surface area contributed by atoms with Crippen molar-refractivity contribution < 1.29 is 9.90 Å². The van der Waals surface area contributed by atoms with Crippen LogP contribution >= 0.6 is 9.39 Å². The van der Waals surface area contributed by atoms with Gasteiger partial charge in [0.1, 0.15) is 6.04 Å². The lowest BCUT2D eigenvalue weighted by Crippen LogP contribution is -2.32. The van der Waals surface area contributed by atoms with Gasteiger partial charge in [0.05, 0.1) is 0 Å². The fourth-order valence-corrected chi connectivity index (χ4v) is 2.63. The molecule has 0 aromatic carbocycles. The minimum atomic E-state index is -0.730. The maximum atomic E-state index is 10.9. The molecule has 0 spiro atoms. The molecule has 15 heavy (non-hydrogen) atoms. The van der Waals surface area contributed by atoms with Gasteiger partial charge in [0, 0.05) is 0 Å². The van der Waals surface area contributed by atoms with Crippen LogP contribution in [0.15, 0.2) is 0 Å². The van der Waals surface area contributed by atoms with E-state index in [-0.39, 0.29) is 6.04 Å². The SMILES string of the molecule is O=C(O)C(CC1CCCCCCC1)NP. The highest BCUT2D eigenvalue weighted by Gasteiger charge is 2.21. The molecule has 0 saturated heterocycles. The Morgan fingerprint density at radius 1 is 1.27 bits per heavy atom. The van der Waals surface area contributed by atoms with Gasteiger partial charge in [0.25, 0.3) is 0 Å². The van der Waals surface area contributed by atoms with E-state index >= 15 is 0 Å². The van der Waals surface area contributed by atoms with E-state index in [2.05, 4.69) is 14.5 Å². The number of carboxylic acid groups (broad SMARTS) is 1. The van der Waals surface area contributed by atoms with Gasteiger partial charge in [-0.05, 0) is 12.3 Å². The molecular weight excluding hydrogens is 209 g/mol. The summed E-state index contributed by atoms with van der Waals surface area (Å²) in [5, 5.41) is 11.8. The van der Waals surface area contributed by atoms with Crippen LogP contribution in [-0.2, 0) is 4.79 Å². The quantitative estimate of drug-likeness (QED) is 0.731. The Morgan fingerprint density at radius 3 is 2.27 bits per heavy atom. The second kappa shape index (κ2) is 7.19. The van der Waals surface area contributed by atoms with Crippen LogP contribution in [0.4, 0.5) is 0 Å². The second-order valence-corrected chi connectivity index (χ2v) is 4.84. The van der Waals surface area contributed by atoms with Crippen LogP contribution in [0, 0.1) is 5.92 Å². The van der Waals surface area contributed by atoms with Gasteiger partial charge in [-0.1, -0.05) is 54.3 Å². The molecule has 1 aliphatic rings. The summed E-state index contributed by atoms with van der Waals surface area (Å²) >= 11 is 0. The number of nitrogens with one attached hydrogen (secondary N) is 1. The number of hydrogen-bond acceptors (Lipinski definition) is 2. The summed E-state index contributed by atoms with van der Waals surface area (Å²) in [6, 6.07) is -0.389. The van der Waals surface area contributed by atoms with Crippen LogP contribution in [-0.4, -0.2) is 17.1 Å². The third-order valence-corrected chi connectivity index (χ3v) is 3.70. The van der Waals surface area contributed by atoms with E-state index in [1.165, 1.54) is 44.9 Å². The smallest absolute Gasteiger partial charge is 0.320 e. The van der Waals surface area contributed by atoms with Gasteiger partial charge in [-0.25, -0.2) is 0 Å². The van der Waals surface area contributed by atoms with Crippen molar-refractivity contribution in [2.24, 2.45) is 5.92 Å². The molecule has 1 rings (SSSR count). The summed E-state index contributed by atoms with van der Waals surface area (Å²) < 4.78 is 0. The highest BCUT2D eigenvalue weighted by molar-refractivity contribution is 7.13. The molecule has 0 aliphatic heterocycles. The molecule has 0 radical (unpaired) electrons. The first-order valence-electron chi connectivity index (χ1n) is 5.93. The average molecular weight is 231 g/mol. The van der Waals surface area contributed by atoms with E-state index in [0.717, 1.165) is 6.42 Å². The first-order valence-corrected chi connectivity index (χ1v) is 6.50. The van der Waals surface area contributed by atoms with Crippen LogP contribution in [0.5, 0.6) is 0 Å². The third kappa shape index (κ3) is 4.94. The van der Waals surface area contributed by atoms with Gasteiger partial charge in [0.15, 0.2) is 0 Å². The molecule has 1 aliphatic carbocycles. The first kappa shape index (κ1) is 12.9. The van der Waals surface area contributed by atoms with Crippen LogP contribution in [0.2, 0.25) is 0 Å². The molecule has 0 aromatic rings. The maximum Gasteiger partial charge on any atom is 0.320 e. The van der Waals surface area contributed by atoms with Gasteiger partial charge in [-0.3, -0.25) is 9.88 Å². The number of carbonyl (C=O) groups is 1. The van der Waals surface area contributed by atoms with E-state index in [1.807, 2.05) is 0 Å². The summed E-state index contributed by atoms with van der Waals surface area (Å²) in [6.45, 7) is 0. The standard InChI is InChI=1S/C11H22NO2P/c13-11(14)10(12-15)8-9-6-4-2-1-3-5-7-9/h9-10,12H,1-8,15H2,(H,13,14). The third-order valence-electron chi connectivity index (χ3n) is 3.29.